The Labute approximate surface area is 190 Å². The molecule has 5 rings (SSSR count). The fourth-order valence-corrected chi connectivity index (χ4v) is 3.90. The fourth-order valence-electron chi connectivity index (χ4n) is 3.67. The fraction of sp³-hybridized carbons (Fsp3) is 0.0357. The maximum atomic E-state index is 12.8. The number of benzene rings is 5. The van der Waals surface area contributed by atoms with Crippen LogP contribution in [-0.2, 0) is 6.61 Å². The maximum Gasteiger partial charge on any atom is 0.343 e. The summed E-state index contributed by atoms with van der Waals surface area (Å²) in [6.07, 6.45) is 0. The highest BCUT2D eigenvalue weighted by atomic mass is 35.5. The van der Waals surface area contributed by atoms with Crippen molar-refractivity contribution in [3.63, 3.8) is 0 Å². The zero-order chi connectivity index (χ0) is 21.9. The monoisotopic (exact) mass is 438 g/mol. The molecule has 0 unspecified atom stereocenters. The van der Waals surface area contributed by atoms with Gasteiger partial charge in [-0.25, -0.2) is 4.79 Å². The summed E-state index contributed by atoms with van der Waals surface area (Å²) in [6.45, 7) is 0.397. The Balaban J connectivity index is 1.37. The average Bonchev–Trinajstić information content (AvgIpc) is 2.83. The third-order valence-corrected chi connectivity index (χ3v) is 5.61. The molecule has 5 aromatic carbocycles. The predicted molar refractivity (Wildman–Crippen MR) is 129 cm³/mol. The largest absolute Gasteiger partial charge is 0.487 e. The van der Waals surface area contributed by atoms with Gasteiger partial charge < -0.3 is 9.47 Å². The molecule has 0 heterocycles. The molecule has 0 bridgehead atoms. The molecular formula is C28H19ClO3. The van der Waals surface area contributed by atoms with E-state index in [1.165, 1.54) is 0 Å². The molecule has 3 nitrogen and oxygen atoms in total. The lowest BCUT2D eigenvalue weighted by Crippen LogP contribution is -2.09. The van der Waals surface area contributed by atoms with E-state index in [9.17, 15) is 4.79 Å². The Morgan fingerprint density at radius 2 is 1.41 bits per heavy atom. The van der Waals surface area contributed by atoms with Crippen molar-refractivity contribution in [2.45, 2.75) is 6.61 Å². The van der Waals surface area contributed by atoms with E-state index in [-0.39, 0.29) is 0 Å². The Morgan fingerprint density at radius 1 is 0.688 bits per heavy atom. The number of carbonyl (C=O) groups excluding carboxylic acids is 1. The van der Waals surface area contributed by atoms with E-state index in [4.69, 9.17) is 21.1 Å². The predicted octanol–water partition coefficient (Wildman–Crippen LogP) is 7.44. The van der Waals surface area contributed by atoms with Crippen molar-refractivity contribution >= 4 is 39.1 Å². The lowest BCUT2D eigenvalue weighted by atomic mass is 10.0. The molecule has 0 saturated heterocycles. The molecule has 0 aliphatic carbocycles. The normalized spacial score (nSPS) is 10.9. The number of ether oxygens (including phenoxy) is 2. The number of carbonyl (C=O) groups is 1. The summed E-state index contributed by atoms with van der Waals surface area (Å²) in [4.78, 5) is 12.8. The van der Waals surface area contributed by atoms with E-state index in [1.54, 1.807) is 24.3 Å². The molecule has 4 heteroatoms. The Kier molecular flexibility index (Phi) is 5.49. The zero-order valence-corrected chi connectivity index (χ0v) is 17.9. The van der Waals surface area contributed by atoms with Crippen LogP contribution >= 0.6 is 11.6 Å². The van der Waals surface area contributed by atoms with E-state index in [0.29, 0.717) is 28.7 Å². The third-order valence-electron chi connectivity index (χ3n) is 5.31. The number of halogens is 1. The summed E-state index contributed by atoms with van der Waals surface area (Å²) in [6, 6.07) is 32.7. The molecule has 0 saturated carbocycles. The molecule has 0 radical (unpaired) electrons. The minimum atomic E-state index is -0.470. The molecule has 0 aliphatic heterocycles. The van der Waals surface area contributed by atoms with Crippen molar-refractivity contribution in [3.8, 4) is 11.5 Å². The van der Waals surface area contributed by atoms with Gasteiger partial charge >= 0.3 is 5.97 Å². The number of esters is 1. The summed E-state index contributed by atoms with van der Waals surface area (Å²) in [5.74, 6) is 0.560. The SMILES string of the molecule is O=C(Oc1cccc2cc3ccccc3cc12)c1ccc(OCc2ccccc2)c(Cl)c1. The summed E-state index contributed by atoms with van der Waals surface area (Å²) in [5, 5.41) is 4.48. The van der Waals surface area contributed by atoms with Crippen LogP contribution in [0.1, 0.15) is 15.9 Å². The average molecular weight is 439 g/mol. The van der Waals surface area contributed by atoms with Crippen molar-refractivity contribution in [1.82, 2.24) is 0 Å². The van der Waals surface area contributed by atoms with Crippen LogP contribution < -0.4 is 9.47 Å². The van der Waals surface area contributed by atoms with Crippen LogP contribution in [0.3, 0.4) is 0 Å². The molecule has 0 N–H and O–H groups in total. The first-order valence-electron chi connectivity index (χ1n) is 10.3. The summed E-state index contributed by atoms with van der Waals surface area (Å²) < 4.78 is 11.5. The van der Waals surface area contributed by atoms with Crippen molar-refractivity contribution in [3.05, 3.63) is 119 Å². The highest BCUT2D eigenvalue weighted by molar-refractivity contribution is 6.32. The number of fused-ring (bicyclic) bond motifs is 2. The molecule has 0 aliphatic rings. The van der Waals surface area contributed by atoms with Crippen LogP contribution in [0.2, 0.25) is 5.02 Å². The van der Waals surface area contributed by atoms with Gasteiger partial charge in [0.2, 0.25) is 0 Å². The maximum absolute atomic E-state index is 12.8. The minimum absolute atomic E-state index is 0.360. The van der Waals surface area contributed by atoms with E-state index in [2.05, 4.69) is 12.1 Å². The van der Waals surface area contributed by atoms with Crippen LogP contribution in [0.4, 0.5) is 0 Å². The second-order valence-corrected chi connectivity index (χ2v) is 7.89. The Morgan fingerprint density at radius 3 is 2.19 bits per heavy atom. The highest BCUT2D eigenvalue weighted by Crippen LogP contribution is 2.31. The van der Waals surface area contributed by atoms with Crippen molar-refractivity contribution < 1.29 is 14.3 Å². The second kappa shape index (κ2) is 8.74. The molecule has 156 valence electrons. The van der Waals surface area contributed by atoms with Gasteiger partial charge in [-0.2, -0.15) is 0 Å². The Bertz CT molecular complexity index is 1430. The summed E-state index contributed by atoms with van der Waals surface area (Å²) >= 11 is 6.37. The topological polar surface area (TPSA) is 35.5 Å². The van der Waals surface area contributed by atoms with Gasteiger partial charge in [0.15, 0.2) is 0 Å². The summed E-state index contributed by atoms with van der Waals surface area (Å²) in [5.41, 5.74) is 1.40. The van der Waals surface area contributed by atoms with Crippen LogP contribution in [0.5, 0.6) is 11.5 Å². The first kappa shape index (κ1) is 20.1. The van der Waals surface area contributed by atoms with Crippen molar-refractivity contribution in [1.29, 1.82) is 0 Å². The van der Waals surface area contributed by atoms with E-state index in [1.807, 2.05) is 66.7 Å². The Hall–Kier alpha value is -3.82. The van der Waals surface area contributed by atoms with E-state index < -0.39 is 5.97 Å². The van der Waals surface area contributed by atoms with E-state index in [0.717, 1.165) is 27.1 Å². The first-order chi connectivity index (χ1) is 15.7. The van der Waals surface area contributed by atoms with Gasteiger partial charge in [-0.05, 0) is 58.1 Å². The molecule has 0 spiro atoms. The van der Waals surface area contributed by atoms with Crippen molar-refractivity contribution in [2.75, 3.05) is 0 Å². The van der Waals surface area contributed by atoms with Gasteiger partial charge in [0.05, 0.1) is 10.6 Å². The highest BCUT2D eigenvalue weighted by Gasteiger charge is 2.14. The van der Waals surface area contributed by atoms with Gasteiger partial charge in [0.1, 0.15) is 18.1 Å². The molecule has 32 heavy (non-hydrogen) atoms. The lowest BCUT2D eigenvalue weighted by Gasteiger charge is -2.11. The standard InChI is InChI=1S/C28H19ClO3/c29-25-17-23(13-14-27(25)31-18-19-7-2-1-3-8-19)28(30)32-26-12-6-11-22-15-20-9-4-5-10-21(20)16-24(22)26/h1-17H,18H2. The van der Waals surface area contributed by atoms with Crippen LogP contribution in [0.25, 0.3) is 21.5 Å². The van der Waals surface area contributed by atoms with Gasteiger partial charge in [-0.3, -0.25) is 0 Å². The number of rotatable bonds is 5. The molecule has 0 fully saturated rings. The smallest absolute Gasteiger partial charge is 0.343 e. The molecule has 0 aromatic heterocycles. The van der Waals surface area contributed by atoms with Gasteiger partial charge in [-0.1, -0.05) is 78.3 Å². The van der Waals surface area contributed by atoms with Crippen LogP contribution in [0.15, 0.2) is 103 Å². The van der Waals surface area contributed by atoms with Gasteiger partial charge in [0, 0.05) is 5.39 Å². The van der Waals surface area contributed by atoms with E-state index >= 15 is 0 Å². The molecule has 0 atom stereocenters. The summed E-state index contributed by atoms with van der Waals surface area (Å²) in [7, 11) is 0. The molecular weight excluding hydrogens is 420 g/mol. The number of hydrogen-bond donors (Lipinski definition) is 0. The quantitative estimate of drug-likeness (QED) is 0.162. The van der Waals surface area contributed by atoms with Gasteiger partial charge in [-0.15, -0.1) is 0 Å². The lowest BCUT2D eigenvalue weighted by molar-refractivity contribution is 0.0737. The van der Waals surface area contributed by atoms with Crippen LogP contribution in [-0.4, -0.2) is 5.97 Å². The molecule has 0 amide bonds. The van der Waals surface area contributed by atoms with Crippen molar-refractivity contribution in [2.24, 2.45) is 0 Å². The zero-order valence-electron chi connectivity index (χ0n) is 17.1. The number of hydrogen-bond acceptors (Lipinski definition) is 3. The first-order valence-corrected chi connectivity index (χ1v) is 10.7. The minimum Gasteiger partial charge on any atom is -0.487 e. The van der Waals surface area contributed by atoms with Crippen LogP contribution in [0, 0.1) is 0 Å². The van der Waals surface area contributed by atoms with Gasteiger partial charge in [0.25, 0.3) is 0 Å². The molecule has 5 aromatic rings. The second-order valence-electron chi connectivity index (χ2n) is 7.49. The third kappa shape index (κ3) is 4.16.